The van der Waals surface area contributed by atoms with Crippen LogP contribution in [0.1, 0.15) is 38.3 Å². The Kier molecular flexibility index (Phi) is 5.49. The van der Waals surface area contributed by atoms with E-state index in [4.69, 9.17) is 14.2 Å². The van der Waals surface area contributed by atoms with E-state index in [-0.39, 0.29) is 13.0 Å². The first-order valence-electron chi connectivity index (χ1n) is 9.27. The Morgan fingerprint density at radius 3 is 2.18 bits per heavy atom. The molecule has 0 spiro atoms. The zero-order valence-corrected chi connectivity index (χ0v) is 16.6. The van der Waals surface area contributed by atoms with Crippen molar-refractivity contribution in [1.29, 1.82) is 0 Å². The van der Waals surface area contributed by atoms with E-state index in [1.807, 2.05) is 24.3 Å². The number of hydrogen-bond donors (Lipinski definition) is 0. The van der Waals surface area contributed by atoms with Gasteiger partial charge >= 0.3 is 18.2 Å². The second kappa shape index (κ2) is 7.69. The largest absolute Gasteiger partial charge is 0.467 e. The van der Waals surface area contributed by atoms with Crippen LogP contribution < -0.4 is 0 Å². The third-order valence-electron chi connectivity index (χ3n) is 4.73. The number of methoxy groups -OCH3 is 1. The summed E-state index contributed by atoms with van der Waals surface area (Å²) < 4.78 is 15.8. The molecule has 1 aromatic rings. The molecular weight excluding hydrogens is 364 g/mol. The fraction of sp³-hybridized carbons (Fsp3) is 0.550. The normalized spacial score (nSPS) is 21.3. The summed E-state index contributed by atoms with van der Waals surface area (Å²) in [6.07, 6.45) is -1.52. The Hall–Kier alpha value is -2.77. The molecule has 8 nitrogen and oxygen atoms in total. The summed E-state index contributed by atoms with van der Waals surface area (Å²) in [7, 11) is 1.26. The van der Waals surface area contributed by atoms with Crippen molar-refractivity contribution < 1.29 is 28.6 Å². The first-order chi connectivity index (χ1) is 13.2. The van der Waals surface area contributed by atoms with Gasteiger partial charge in [0.2, 0.25) is 0 Å². The molecule has 0 aliphatic carbocycles. The minimum absolute atomic E-state index is 0.0845. The van der Waals surface area contributed by atoms with Crippen LogP contribution in [0.2, 0.25) is 0 Å². The minimum Gasteiger partial charge on any atom is -0.467 e. The third kappa shape index (κ3) is 4.37. The molecule has 152 valence electrons. The van der Waals surface area contributed by atoms with Crippen molar-refractivity contribution in [1.82, 2.24) is 9.80 Å². The maximum Gasteiger partial charge on any atom is 0.411 e. The van der Waals surface area contributed by atoms with Crippen molar-refractivity contribution in [3.63, 3.8) is 0 Å². The molecule has 0 unspecified atom stereocenters. The molecule has 0 radical (unpaired) electrons. The van der Waals surface area contributed by atoms with E-state index < -0.39 is 35.9 Å². The van der Waals surface area contributed by atoms with Gasteiger partial charge < -0.3 is 14.2 Å². The monoisotopic (exact) mass is 390 g/mol. The van der Waals surface area contributed by atoms with Crippen LogP contribution in [0.4, 0.5) is 9.59 Å². The van der Waals surface area contributed by atoms with Gasteiger partial charge in [-0.25, -0.2) is 14.4 Å². The molecule has 0 saturated carbocycles. The third-order valence-corrected chi connectivity index (χ3v) is 4.73. The standard InChI is InChI=1S/C20H26N2O6/c1-20(2,3)28-19(25)22-12-15(9-16(22)17(23)26-4)27-18(24)21-10-13-7-5-6-8-14(13)11-21/h5-8,15-16H,9-12H2,1-4H3/t15-,16+/m1/s1. The van der Waals surface area contributed by atoms with Gasteiger partial charge in [0, 0.05) is 19.5 Å². The molecule has 2 aliphatic heterocycles. The van der Waals surface area contributed by atoms with Crippen LogP contribution in [0.25, 0.3) is 0 Å². The number of rotatable bonds is 2. The van der Waals surface area contributed by atoms with Crippen molar-refractivity contribution in [3.05, 3.63) is 35.4 Å². The second-order valence-electron chi connectivity index (χ2n) is 8.04. The summed E-state index contributed by atoms with van der Waals surface area (Å²) in [5.74, 6) is -0.557. The Morgan fingerprint density at radius 1 is 1.04 bits per heavy atom. The molecule has 2 amide bonds. The Balaban J connectivity index is 1.64. The summed E-state index contributed by atoms with van der Waals surface area (Å²) >= 11 is 0. The highest BCUT2D eigenvalue weighted by molar-refractivity contribution is 5.82. The molecule has 2 atom stereocenters. The zero-order chi connectivity index (χ0) is 20.5. The SMILES string of the molecule is COC(=O)[C@@H]1C[C@@H](OC(=O)N2Cc3ccccc3C2)CN1C(=O)OC(C)(C)C. The van der Waals surface area contributed by atoms with Gasteiger partial charge in [0.1, 0.15) is 17.7 Å². The van der Waals surface area contributed by atoms with Gasteiger partial charge in [0.05, 0.1) is 13.7 Å². The average Bonchev–Trinajstić information content (AvgIpc) is 3.23. The van der Waals surface area contributed by atoms with E-state index in [0.717, 1.165) is 11.1 Å². The van der Waals surface area contributed by atoms with Crippen LogP contribution in [0.5, 0.6) is 0 Å². The van der Waals surface area contributed by atoms with Crippen molar-refractivity contribution in [2.75, 3.05) is 13.7 Å². The van der Waals surface area contributed by atoms with E-state index >= 15 is 0 Å². The summed E-state index contributed by atoms with van der Waals surface area (Å²) in [6, 6.07) is 6.99. The summed E-state index contributed by atoms with van der Waals surface area (Å²) in [6.45, 7) is 6.29. The lowest BCUT2D eigenvalue weighted by Gasteiger charge is -2.27. The average molecular weight is 390 g/mol. The molecule has 2 aliphatic rings. The molecule has 8 heteroatoms. The Bertz CT molecular complexity index is 747. The lowest BCUT2D eigenvalue weighted by Crippen LogP contribution is -2.44. The van der Waals surface area contributed by atoms with E-state index in [2.05, 4.69) is 0 Å². The number of hydrogen-bond acceptors (Lipinski definition) is 6. The predicted molar refractivity (Wildman–Crippen MR) is 99.3 cm³/mol. The van der Waals surface area contributed by atoms with Crippen LogP contribution >= 0.6 is 0 Å². The number of nitrogens with zero attached hydrogens (tertiary/aromatic N) is 2. The quantitative estimate of drug-likeness (QED) is 0.570. The number of fused-ring (bicyclic) bond motifs is 1. The number of carbonyl (C=O) groups excluding carboxylic acids is 3. The number of likely N-dealkylation sites (tertiary alicyclic amines) is 1. The first kappa shape index (κ1) is 20.0. The number of ether oxygens (including phenoxy) is 3. The molecule has 1 fully saturated rings. The summed E-state index contributed by atoms with van der Waals surface area (Å²) in [5, 5.41) is 0. The Labute approximate surface area is 164 Å². The topological polar surface area (TPSA) is 85.4 Å². The maximum atomic E-state index is 12.6. The highest BCUT2D eigenvalue weighted by Gasteiger charge is 2.44. The van der Waals surface area contributed by atoms with Crippen LogP contribution in [0.3, 0.4) is 0 Å². The minimum atomic E-state index is -0.839. The van der Waals surface area contributed by atoms with Crippen molar-refractivity contribution in [2.45, 2.75) is 58.0 Å². The first-order valence-corrected chi connectivity index (χ1v) is 9.27. The van der Waals surface area contributed by atoms with Crippen LogP contribution in [0, 0.1) is 0 Å². The van der Waals surface area contributed by atoms with E-state index in [9.17, 15) is 14.4 Å². The number of carbonyl (C=O) groups is 3. The van der Waals surface area contributed by atoms with Crippen molar-refractivity contribution >= 4 is 18.2 Å². The molecule has 2 heterocycles. The molecule has 1 aromatic carbocycles. The Morgan fingerprint density at radius 2 is 1.64 bits per heavy atom. The van der Waals surface area contributed by atoms with Crippen LogP contribution in [-0.2, 0) is 32.1 Å². The summed E-state index contributed by atoms with van der Waals surface area (Å²) in [5.41, 5.74) is 1.48. The van der Waals surface area contributed by atoms with Gasteiger partial charge in [-0.15, -0.1) is 0 Å². The van der Waals surface area contributed by atoms with E-state index in [1.165, 1.54) is 12.0 Å². The van der Waals surface area contributed by atoms with Gasteiger partial charge in [0.15, 0.2) is 0 Å². The van der Waals surface area contributed by atoms with Gasteiger partial charge in [0.25, 0.3) is 0 Å². The van der Waals surface area contributed by atoms with Gasteiger partial charge in [-0.1, -0.05) is 24.3 Å². The fourth-order valence-corrected chi connectivity index (χ4v) is 3.44. The van der Waals surface area contributed by atoms with Crippen molar-refractivity contribution in [2.24, 2.45) is 0 Å². The van der Waals surface area contributed by atoms with Crippen LogP contribution in [0.15, 0.2) is 24.3 Å². The van der Waals surface area contributed by atoms with E-state index in [0.29, 0.717) is 13.1 Å². The smallest absolute Gasteiger partial charge is 0.411 e. The predicted octanol–water partition coefficient (Wildman–Crippen LogP) is 2.69. The zero-order valence-electron chi connectivity index (χ0n) is 16.6. The number of amides is 2. The number of esters is 1. The summed E-state index contributed by atoms with van der Waals surface area (Å²) in [4.78, 5) is 40.0. The highest BCUT2D eigenvalue weighted by Crippen LogP contribution is 2.27. The molecule has 0 aromatic heterocycles. The van der Waals surface area contributed by atoms with Gasteiger partial charge in [-0.3, -0.25) is 9.80 Å². The molecular formula is C20H26N2O6. The lowest BCUT2D eigenvalue weighted by atomic mass is 10.1. The second-order valence-corrected chi connectivity index (χ2v) is 8.04. The highest BCUT2D eigenvalue weighted by atomic mass is 16.6. The number of benzene rings is 1. The van der Waals surface area contributed by atoms with Gasteiger partial charge in [-0.2, -0.15) is 0 Å². The fourth-order valence-electron chi connectivity index (χ4n) is 3.44. The van der Waals surface area contributed by atoms with Crippen LogP contribution in [-0.4, -0.2) is 59.4 Å². The molecule has 1 saturated heterocycles. The molecule has 28 heavy (non-hydrogen) atoms. The van der Waals surface area contributed by atoms with Crippen molar-refractivity contribution in [3.8, 4) is 0 Å². The van der Waals surface area contributed by atoms with E-state index in [1.54, 1.807) is 25.7 Å². The van der Waals surface area contributed by atoms with Gasteiger partial charge in [-0.05, 0) is 31.9 Å². The maximum absolute atomic E-state index is 12.6. The molecule has 3 rings (SSSR count). The lowest BCUT2D eigenvalue weighted by molar-refractivity contribution is -0.145. The molecule has 0 bridgehead atoms. The molecule has 0 N–H and O–H groups in total.